The number of aromatic nitrogens is 2. The first kappa shape index (κ1) is 25.0. The number of benzene rings is 3. The number of carbonyl (C=O) groups excluding carboxylic acids is 1. The summed E-state index contributed by atoms with van der Waals surface area (Å²) in [6, 6.07) is 23.8. The molecule has 0 aliphatic heterocycles. The number of hydrogen-bond acceptors (Lipinski definition) is 4. The Morgan fingerprint density at radius 3 is 2.42 bits per heavy atom. The number of rotatable bonds is 12. The van der Waals surface area contributed by atoms with Crippen LogP contribution in [0.4, 0.5) is 0 Å². The first-order valence-corrected chi connectivity index (χ1v) is 12.3. The third kappa shape index (κ3) is 6.75. The first-order chi connectivity index (χ1) is 17.7. The largest absolute Gasteiger partial charge is 0.493 e. The van der Waals surface area contributed by atoms with Gasteiger partial charge in [-0.1, -0.05) is 55.5 Å². The minimum atomic E-state index is 0.0201. The average Bonchev–Trinajstić information content (AvgIpc) is 3.45. The van der Waals surface area contributed by atoms with Gasteiger partial charge in [-0.25, -0.2) is 4.98 Å². The maximum atomic E-state index is 13.5. The van der Waals surface area contributed by atoms with Crippen LogP contribution < -0.4 is 9.47 Å². The summed E-state index contributed by atoms with van der Waals surface area (Å²) < 4.78 is 13.7. The van der Waals surface area contributed by atoms with Crippen LogP contribution in [0.5, 0.6) is 11.5 Å². The number of ether oxygens (including phenoxy) is 2. The fraction of sp³-hybridized carbons (Fsp3) is 0.267. The zero-order valence-electron chi connectivity index (χ0n) is 21.0. The Balaban J connectivity index is 1.48. The van der Waals surface area contributed by atoms with Crippen molar-refractivity contribution in [2.45, 2.75) is 39.5 Å². The van der Waals surface area contributed by atoms with Gasteiger partial charge in [0.05, 0.1) is 13.4 Å². The van der Waals surface area contributed by atoms with Crippen LogP contribution in [0.1, 0.15) is 40.4 Å². The molecule has 1 aromatic heterocycles. The van der Waals surface area contributed by atoms with Crippen LogP contribution in [0.3, 0.4) is 0 Å². The molecule has 0 saturated heterocycles. The van der Waals surface area contributed by atoms with Gasteiger partial charge in [-0.05, 0) is 53.8 Å². The van der Waals surface area contributed by atoms with Crippen molar-refractivity contribution in [3.8, 4) is 11.5 Å². The zero-order chi connectivity index (χ0) is 25.2. The smallest absolute Gasteiger partial charge is 0.254 e. The summed E-state index contributed by atoms with van der Waals surface area (Å²) in [6.07, 6.45) is 7.28. The second-order valence-electron chi connectivity index (χ2n) is 8.69. The van der Waals surface area contributed by atoms with Crippen molar-refractivity contribution in [1.82, 2.24) is 14.5 Å². The second-order valence-corrected chi connectivity index (χ2v) is 8.69. The summed E-state index contributed by atoms with van der Waals surface area (Å²) >= 11 is 0. The molecule has 0 N–H and O–H groups in total. The first-order valence-electron chi connectivity index (χ1n) is 12.3. The third-order valence-electron chi connectivity index (χ3n) is 6.14. The fourth-order valence-electron chi connectivity index (χ4n) is 4.07. The monoisotopic (exact) mass is 483 g/mol. The summed E-state index contributed by atoms with van der Waals surface area (Å²) in [4.78, 5) is 19.5. The van der Waals surface area contributed by atoms with Crippen LogP contribution in [-0.4, -0.2) is 34.0 Å². The molecular weight excluding hydrogens is 450 g/mol. The molecule has 0 spiro atoms. The molecule has 0 unspecified atom stereocenters. The van der Waals surface area contributed by atoms with Crippen LogP contribution in [0.15, 0.2) is 91.5 Å². The normalized spacial score (nSPS) is 10.7. The number of amides is 1. The summed E-state index contributed by atoms with van der Waals surface area (Å²) in [5, 5.41) is 0. The van der Waals surface area contributed by atoms with E-state index in [1.54, 1.807) is 19.6 Å². The van der Waals surface area contributed by atoms with E-state index in [1.807, 2.05) is 88.5 Å². The van der Waals surface area contributed by atoms with Crippen molar-refractivity contribution in [2.75, 3.05) is 13.7 Å². The van der Waals surface area contributed by atoms with Crippen LogP contribution >= 0.6 is 0 Å². The molecular formula is C30H33N3O3. The van der Waals surface area contributed by atoms with Gasteiger partial charge in [0.2, 0.25) is 0 Å². The maximum Gasteiger partial charge on any atom is 0.254 e. The Morgan fingerprint density at radius 1 is 0.944 bits per heavy atom. The van der Waals surface area contributed by atoms with Gasteiger partial charge in [0.1, 0.15) is 6.61 Å². The average molecular weight is 484 g/mol. The van der Waals surface area contributed by atoms with Crippen molar-refractivity contribution >= 4 is 5.91 Å². The molecule has 4 aromatic rings. The Kier molecular flexibility index (Phi) is 8.76. The molecule has 4 rings (SSSR count). The number of carbonyl (C=O) groups is 1. The van der Waals surface area contributed by atoms with Crippen LogP contribution in [0.25, 0.3) is 0 Å². The van der Waals surface area contributed by atoms with E-state index in [2.05, 4.69) is 11.9 Å². The molecule has 0 aliphatic carbocycles. The van der Waals surface area contributed by atoms with Gasteiger partial charge < -0.3 is 18.9 Å². The number of nitrogens with zero attached hydrogens (tertiary/aromatic N) is 3. The SMILES string of the molecule is CCc1ccc(C(=O)N(CCCn2ccnc2)Cc2ccc(OCc3ccccc3)c(OC)c2)cc1. The summed E-state index contributed by atoms with van der Waals surface area (Å²) in [5.74, 6) is 1.35. The molecule has 0 aliphatic rings. The molecule has 0 radical (unpaired) electrons. The second kappa shape index (κ2) is 12.6. The highest BCUT2D eigenvalue weighted by atomic mass is 16.5. The third-order valence-corrected chi connectivity index (χ3v) is 6.14. The standard InChI is InChI=1S/C30H33N3O3/c1-3-24-10-13-27(14-11-24)30(34)33(18-7-17-32-19-16-31-23-32)21-26-12-15-28(29(20-26)35-2)36-22-25-8-5-4-6-9-25/h4-6,8-16,19-20,23H,3,7,17-18,21-22H2,1-2H3. The Labute approximate surface area is 213 Å². The highest BCUT2D eigenvalue weighted by molar-refractivity contribution is 5.94. The van der Waals surface area contributed by atoms with Gasteiger partial charge in [0, 0.05) is 37.6 Å². The van der Waals surface area contributed by atoms with E-state index in [0.29, 0.717) is 36.8 Å². The molecule has 186 valence electrons. The lowest BCUT2D eigenvalue weighted by Crippen LogP contribution is -2.32. The fourth-order valence-corrected chi connectivity index (χ4v) is 4.07. The number of aryl methyl sites for hydroxylation is 2. The van der Waals surface area contributed by atoms with E-state index in [0.717, 1.165) is 30.5 Å². The predicted octanol–water partition coefficient (Wildman–Crippen LogP) is 5.77. The number of hydrogen-bond donors (Lipinski definition) is 0. The van der Waals surface area contributed by atoms with Gasteiger partial charge in [0.25, 0.3) is 5.91 Å². The summed E-state index contributed by atoms with van der Waals surface area (Å²) in [5.41, 5.74) is 3.99. The van der Waals surface area contributed by atoms with Gasteiger partial charge in [-0.15, -0.1) is 0 Å². The molecule has 1 amide bonds. The Bertz CT molecular complexity index is 1220. The molecule has 6 nitrogen and oxygen atoms in total. The van der Waals surface area contributed by atoms with Gasteiger partial charge >= 0.3 is 0 Å². The van der Waals surface area contributed by atoms with Crippen molar-refractivity contribution in [2.24, 2.45) is 0 Å². The molecule has 1 heterocycles. The Morgan fingerprint density at radius 2 is 1.72 bits per heavy atom. The molecule has 0 atom stereocenters. The van der Waals surface area contributed by atoms with Crippen LogP contribution in [0, 0.1) is 0 Å². The van der Waals surface area contributed by atoms with Gasteiger partial charge in [-0.2, -0.15) is 0 Å². The lowest BCUT2D eigenvalue weighted by molar-refractivity contribution is 0.0739. The van der Waals surface area contributed by atoms with E-state index >= 15 is 0 Å². The molecule has 0 fully saturated rings. The number of methoxy groups -OCH3 is 1. The highest BCUT2D eigenvalue weighted by Gasteiger charge is 2.17. The van der Waals surface area contributed by atoms with E-state index < -0.39 is 0 Å². The summed E-state index contributed by atoms with van der Waals surface area (Å²) in [7, 11) is 1.64. The minimum absolute atomic E-state index is 0.0201. The summed E-state index contributed by atoms with van der Waals surface area (Å²) in [6.45, 7) is 4.48. The van der Waals surface area contributed by atoms with Crippen molar-refractivity contribution in [3.05, 3.63) is 114 Å². The van der Waals surface area contributed by atoms with Crippen LogP contribution in [-0.2, 0) is 26.1 Å². The van der Waals surface area contributed by atoms with Crippen molar-refractivity contribution in [3.63, 3.8) is 0 Å². The Hall–Kier alpha value is -4.06. The lowest BCUT2D eigenvalue weighted by Gasteiger charge is -2.24. The van der Waals surface area contributed by atoms with E-state index in [-0.39, 0.29) is 5.91 Å². The maximum absolute atomic E-state index is 13.5. The van der Waals surface area contributed by atoms with E-state index in [1.165, 1.54) is 5.56 Å². The molecule has 6 heteroatoms. The quantitative estimate of drug-likeness (QED) is 0.257. The molecule has 0 bridgehead atoms. The van der Waals surface area contributed by atoms with Crippen molar-refractivity contribution < 1.29 is 14.3 Å². The molecule has 3 aromatic carbocycles. The van der Waals surface area contributed by atoms with E-state index in [9.17, 15) is 4.79 Å². The topological polar surface area (TPSA) is 56.6 Å². The molecule has 0 saturated carbocycles. The van der Waals surface area contributed by atoms with Crippen molar-refractivity contribution in [1.29, 1.82) is 0 Å². The lowest BCUT2D eigenvalue weighted by atomic mass is 10.1. The molecule has 36 heavy (non-hydrogen) atoms. The van der Waals surface area contributed by atoms with Gasteiger partial charge in [-0.3, -0.25) is 4.79 Å². The predicted molar refractivity (Wildman–Crippen MR) is 141 cm³/mol. The number of imidazole rings is 1. The minimum Gasteiger partial charge on any atom is -0.493 e. The van der Waals surface area contributed by atoms with Crippen LogP contribution in [0.2, 0.25) is 0 Å². The van der Waals surface area contributed by atoms with Gasteiger partial charge in [0.15, 0.2) is 11.5 Å². The zero-order valence-corrected chi connectivity index (χ0v) is 21.0. The van der Waals surface area contributed by atoms with E-state index in [4.69, 9.17) is 9.47 Å². The highest BCUT2D eigenvalue weighted by Crippen LogP contribution is 2.29.